The number of aromatic nitrogens is 4. The minimum Gasteiger partial charge on any atom is -0.321 e. The molecule has 0 radical (unpaired) electrons. The Hall–Kier alpha value is -0.970. The smallest absolute Gasteiger partial charge is 0.167 e. The molecule has 4 fully saturated rings. The minimum absolute atomic E-state index is 0.00347. The van der Waals surface area contributed by atoms with Crippen molar-refractivity contribution in [3.05, 3.63) is 5.82 Å². The molecule has 5 rings (SSSR count). The van der Waals surface area contributed by atoms with Gasteiger partial charge in [-0.05, 0) is 78.5 Å². The minimum atomic E-state index is -0.00347. The van der Waals surface area contributed by atoms with Crippen molar-refractivity contribution in [2.24, 2.45) is 36.0 Å². The highest BCUT2D eigenvalue weighted by molar-refractivity contribution is 5.04. The van der Waals surface area contributed by atoms with Crippen LogP contribution in [0.15, 0.2) is 0 Å². The Labute approximate surface area is 113 Å². The second-order valence-electron chi connectivity index (χ2n) is 7.39. The molecule has 1 aromatic heterocycles. The molecule has 5 heteroatoms. The van der Waals surface area contributed by atoms with Gasteiger partial charge in [-0.1, -0.05) is 0 Å². The van der Waals surface area contributed by atoms with E-state index in [1.54, 1.807) is 4.68 Å². The van der Waals surface area contributed by atoms with Gasteiger partial charge in [0.1, 0.15) is 0 Å². The monoisotopic (exact) mass is 261 g/mol. The maximum absolute atomic E-state index is 6.40. The molecule has 1 aromatic rings. The van der Waals surface area contributed by atoms with Crippen LogP contribution >= 0.6 is 0 Å². The molecule has 0 aromatic carbocycles. The fourth-order valence-electron chi connectivity index (χ4n) is 5.65. The Bertz CT molecular complexity index is 445. The van der Waals surface area contributed by atoms with E-state index in [9.17, 15) is 0 Å². The van der Waals surface area contributed by atoms with Crippen molar-refractivity contribution in [3.63, 3.8) is 0 Å². The number of aryl methyl sites for hydroxylation is 1. The van der Waals surface area contributed by atoms with Gasteiger partial charge in [0.05, 0.1) is 6.04 Å². The summed E-state index contributed by atoms with van der Waals surface area (Å²) in [6.07, 6.45) is 9.73. The lowest BCUT2D eigenvalue weighted by Crippen LogP contribution is -2.47. The summed E-state index contributed by atoms with van der Waals surface area (Å²) in [5.41, 5.74) is 6.90. The highest BCUT2D eigenvalue weighted by atomic mass is 15.5. The van der Waals surface area contributed by atoms with E-state index in [4.69, 9.17) is 5.73 Å². The molecule has 4 saturated carbocycles. The number of tetrazole rings is 1. The van der Waals surface area contributed by atoms with Crippen LogP contribution in [0.2, 0.25) is 0 Å². The third-order valence-electron chi connectivity index (χ3n) is 5.80. The van der Waals surface area contributed by atoms with Gasteiger partial charge in [-0.2, -0.15) is 0 Å². The van der Waals surface area contributed by atoms with E-state index in [1.165, 1.54) is 38.5 Å². The van der Waals surface area contributed by atoms with Crippen LogP contribution in [0.25, 0.3) is 0 Å². The summed E-state index contributed by atoms with van der Waals surface area (Å²) >= 11 is 0. The van der Waals surface area contributed by atoms with E-state index >= 15 is 0 Å². The van der Waals surface area contributed by atoms with E-state index in [1.807, 2.05) is 7.05 Å². The lowest BCUT2D eigenvalue weighted by Gasteiger charge is -2.57. The van der Waals surface area contributed by atoms with Crippen molar-refractivity contribution in [2.45, 2.75) is 51.0 Å². The lowest BCUT2D eigenvalue weighted by molar-refractivity contribution is -0.0610. The van der Waals surface area contributed by atoms with Crippen LogP contribution in [0.1, 0.15) is 56.8 Å². The molecule has 5 nitrogen and oxygen atoms in total. The summed E-state index contributed by atoms with van der Waals surface area (Å²) in [6, 6.07) is -0.00347. The summed E-state index contributed by atoms with van der Waals surface area (Å²) in [5.74, 6) is 3.79. The summed E-state index contributed by atoms with van der Waals surface area (Å²) in [7, 11) is 1.88. The van der Waals surface area contributed by atoms with E-state index < -0.39 is 0 Å². The normalized spacial score (nSPS) is 41.7. The molecule has 104 valence electrons. The summed E-state index contributed by atoms with van der Waals surface area (Å²) in [5, 5.41) is 11.7. The standard InChI is InChI=1S/C14H23N5/c1-19-13(16-17-18-19)12(15)8-14-5-9-2-10(6-14)4-11(3-9)7-14/h9-12H,2-8,15H2,1H3. The fraction of sp³-hybridized carbons (Fsp3) is 0.929. The van der Waals surface area contributed by atoms with E-state index in [-0.39, 0.29) is 6.04 Å². The molecular formula is C14H23N5. The SMILES string of the molecule is Cn1nnnc1C(N)CC12CC3CC(CC(C3)C1)C2. The number of nitrogens with two attached hydrogens (primary N) is 1. The molecule has 2 N–H and O–H groups in total. The molecule has 0 spiro atoms. The van der Waals surface area contributed by atoms with Gasteiger partial charge in [-0.15, -0.1) is 5.10 Å². The number of hydrogen-bond donors (Lipinski definition) is 1. The number of rotatable bonds is 3. The molecule has 0 aliphatic heterocycles. The molecule has 4 aliphatic rings. The second kappa shape index (κ2) is 4.01. The van der Waals surface area contributed by atoms with Gasteiger partial charge in [0.2, 0.25) is 0 Å². The molecule has 0 amide bonds. The van der Waals surface area contributed by atoms with Crippen LogP contribution in [0.5, 0.6) is 0 Å². The molecule has 1 atom stereocenters. The summed E-state index contributed by atoms with van der Waals surface area (Å²) in [6.45, 7) is 0. The van der Waals surface area contributed by atoms with Crippen molar-refractivity contribution >= 4 is 0 Å². The first-order valence-electron chi connectivity index (χ1n) is 7.61. The van der Waals surface area contributed by atoms with Gasteiger partial charge in [0.25, 0.3) is 0 Å². The quantitative estimate of drug-likeness (QED) is 0.901. The molecule has 1 unspecified atom stereocenters. The Morgan fingerprint density at radius 1 is 1.21 bits per heavy atom. The maximum Gasteiger partial charge on any atom is 0.167 e. The zero-order valence-corrected chi connectivity index (χ0v) is 11.6. The van der Waals surface area contributed by atoms with Crippen LogP contribution < -0.4 is 5.73 Å². The largest absolute Gasteiger partial charge is 0.321 e. The first-order chi connectivity index (χ1) is 9.13. The lowest BCUT2D eigenvalue weighted by atomic mass is 9.48. The second-order valence-corrected chi connectivity index (χ2v) is 7.39. The first-order valence-corrected chi connectivity index (χ1v) is 7.61. The third-order valence-corrected chi connectivity index (χ3v) is 5.80. The topological polar surface area (TPSA) is 69.6 Å². The highest BCUT2D eigenvalue weighted by Gasteiger charge is 2.51. The van der Waals surface area contributed by atoms with Crippen molar-refractivity contribution in [1.29, 1.82) is 0 Å². The Morgan fingerprint density at radius 2 is 1.79 bits per heavy atom. The average molecular weight is 261 g/mol. The molecule has 19 heavy (non-hydrogen) atoms. The number of hydrogen-bond acceptors (Lipinski definition) is 4. The van der Waals surface area contributed by atoms with Crippen molar-refractivity contribution in [2.75, 3.05) is 0 Å². The van der Waals surface area contributed by atoms with Gasteiger partial charge in [0.15, 0.2) is 5.82 Å². The van der Waals surface area contributed by atoms with Gasteiger partial charge in [-0.25, -0.2) is 4.68 Å². The maximum atomic E-state index is 6.40. The molecule has 0 saturated heterocycles. The zero-order valence-electron chi connectivity index (χ0n) is 11.6. The predicted octanol–water partition coefficient (Wildman–Crippen LogP) is 1.82. The Morgan fingerprint density at radius 3 is 2.26 bits per heavy atom. The van der Waals surface area contributed by atoms with Gasteiger partial charge in [0, 0.05) is 7.05 Å². The van der Waals surface area contributed by atoms with Crippen LogP contribution in [0.4, 0.5) is 0 Å². The van der Waals surface area contributed by atoms with Crippen molar-refractivity contribution < 1.29 is 0 Å². The molecule has 4 aliphatic carbocycles. The first kappa shape index (κ1) is 11.8. The summed E-state index contributed by atoms with van der Waals surface area (Å²) in [4.78, 5) is 0. The van der Waals surface area contributed by atoms with E-state index in [0.29, 0.717) is 5.41 Å². The summed E-state index contributed by atoms with van der Waals surface area (Å²) < 4.78 is 1.73. The van der Waals surface area contributed by atoms with Crippen LogP contribution in [0.3, 0.4) is 0 Å². The van der Waals surface area contributed by atoms with E-state index in [0.717, 1.165) is 30.0 Å². The Balaban J connectivity index is 1.55. The number of nitrogens with zero attached hydrogens (tertiary/aromatic N) is 4. The van der Waals surface area contributed by atoms with E-state index in [2.05, 4.69) is 15.5 Å². The zero-order chi connectivity index (χ0) is 13.0. The molecule has 4 bridgehead atoms. The van der Waals surface area contributed by atoms with Crippen LogP contribution in [-0.2, 0) is 7.05 Å². The molecular weight excluding hydrogens is 238 g/mol. The third kappa shape index (κ3) is 1.90. The van der Waals surface area contributed by atoms with Gasteiger partial charge >= 0.3 is 0 Å². The molecule has 1 heterocycles. The highest BCUT2D eigenvalue weighted by Crippen LogP contribution is 2.62. The van der Waals surface area contributed by atoms with Gasteiger partial charge in [-0.3, -0.25) is 0 Å². The van der Waals surface area contributed by atoms with Gasteiger partial charge < -0.3 is 5.73 Å². The average Bonchev–Trinajstić information content (AvgIpc) is 2.72. The van der Waals surface area contributed by atoms with Crippen LogP contribution in [0, 0.1) is 23.2 Å². The van der Waals surface area contributed by atoms with Crippen molar-refractivity contribution in [1.82, 2.24) is 20.2 Å². The Kier molecular flexibility index (Phi) is 2.50. The van der Waals surface area contributed by atoms with Crippen molar-refractivity contribution in [3.8, 4) is 0 Å². The fourth-order valence-corrected chi connectivity index (χ4v) is 5.65. The van der Waals surface area contributed by atoms with Crippen LogP contribution in [-0.4, -0.2) is 20.2 Å². The predicted molar refractivity (Wildman–Crippen MR) is 70.9 cm³/mol.